The lowest BCUT2D eigenvalue weighted by Crippen LogP contribution is -2.33. The van der Waals surface area contributed by atoms with Gasteiger partial charge in [0.05, 0.1) is 21.3 Å². The van der Waals surface area contributed by atoms with E-state index in [2.05, 4.69) is 5.10 Å². The molecule has 0 bridgehead atoms. The molecule has 0 unspecified atom stereocenters. The molecule has 126 valence electrons. The van der Waals surface area contributed by atoms with Gasteiger partial charge in [-0.25, -0.2) is 4.68 Å². The van der Waals surface area contributed by atoms with E-state index in [0.29, 0.717) is 26.6 Å². The predicted octanol–water partition coefficient (Wildman–Crippen LogP) is 4.34. The van der Waals surface area contributed by atoms with Gasteiger partial charge in [0, 0.05) is 5.39 Å². The number of alkyl halides is 3. The molecule has 0 saturated heterocycles. The molecule has 0 atom stereocenters. The van der Waals surface area contributed by atoms with Crippen LogP contribution in [0.25, 0.3) is 15.9 Å². The van der Waals surface area contributed by atoms with Gasteiger partial charge >= 0.3 is 6.18 Å². The molecule has 1 N–H and O–H groups in total. The summed E-state index contributed by atoms with van der Waals surface area (Å²) in [5, 5.41) is 7.46. The highest BCUT2D eigenvalue weighted by Gasteiger charge is 2.28. The van der Waals surface area contributed by atoms with Crippen molar-refractivity contribution in [2.24, 2.45) is 0 Å². The first-order chi connectivity index (χ1) is 11.3. The predicted molar refractivity (Wildman–Crippen MR) is 87.1 cm³/mol. The van der Waals surface area contributed by atoms with Crippen molar-refractivity contribution in [3.63, 3.8) is 0 Å². The number of rotatable bonds is 3. The first-order valence-corrected chi connectivity index (χ1v) is 8.05. The summed E-state index contributed by atoms with van der Waals surface area (Å²) >= 11 is 7.25. The number of para-hydroxylation sites is 1. The molecule has 0 radical (unpaired) electrons. The average molecular weight is 374 g/mol. The van der Waals surface area contributed by atoms with E-state index in [1.165, 1.54) is 0 Å². The molecule has 24 heavy (non-hydrogen) atoms. The molecular formula is C15H11ClF3N3OS. The molecule has 1 amide bonds. The summed E-state index contributed by atoms with van der Waals surface area (Å²) in [6.45, 7) is 0.398. The van der Waals surface area contributed by atoms with Crippen LogP contribution in [0.5, 0.6) is 0 Å². The van der Waals surface area contributed by atoms with Crippen molar-refractivity contribution in [2.45, 2.75) is 13.1 Å². The number of nitrogens with zero attached hydrogens (tertiary/aromatic N) is 2. The number of carbonyl (C=O) groups excluding carboxylic acids is 1. The third-order valence-corrected chi connectivity index (χ3v) is 4.73. The monoisotopic (exact) mass is 373 g/mol. The van der Waals surface area contributed by atoms with Gasteiger partial charge in [-0.1, -0.05) is 23.7 Å². The van der Waals surface area contributed by atoms with Crippen LogP contribution in [0, 0.1) is 6.92 Å². The van der Waals surface area contributed by atoms with Crippen LogP contribution >= 0.6 is 22.9 Å². The van der Waals surface area contributed by atoms with Crippen LogP contribution in [0.3, 0.4) is 0 Å². The number of nitrogens with one attached hydrogen (secondary N) is 1. The number of carbonyl (C=O) groups is 1. The molecule has 0 aliphatic rings. The number of halogens is 4. The van der Waals surface area contributed by atoms with Gasteiger partial charge in [-0.2, -0.15) is 18.3 Å². The third kappa shape index (κ3) is 3.25. The topological polar surface area (TPSA) is 46.9 Å². The molecular weight excluding hydrogens is 363 g/mol. The van der Waals surface area contributed by atoms with Crippen LogP contribution in [-0.4, -0.2) is 28.4 Å². The minimum atomic E-state index is -4.45. The summed E-state index contributed by atoms with van der Waals surface area (Å²) in [6, 6.07) is 8.61. The Morgan fingerprint density at radius 2 is 2.08 bits per heavy atom. The summed E-state index contributed by atoms with van der Waals surface area (Å²) in [6.07, 6.45) is -4.45. The second-order valence-electron chi connectivity index (χ2n) is 5.08. The zero-order chi connectivity index (χ0) is 17.5. The summed E-state index contributed by atoms with van der Waals surface area (Å²) in [5.41, 5.74) is 1.30. The van der Waals surface area contributed by atoms with E-state index in [0.717, 1.165) is 11.3 Å². The minimum absolute atomic E-state index is 0.190. The summed E-state index contributed by atoms with van der Waals surface area (Å²) in [5.74, 6) is -0.765. The van der Waals surface area contributed by atoms with Gasteiger partial charge in [0.25, 0.3) is 5.91 Å². The van der Waals surface area contributed by atoms with Crippen LogP contribution < -0.4 is 5.32 Å². The molecule has 4 nitrogen and oxygen atoms in total. The second-order valence-corrected chi connectivity index (χ2v) is 6.51. The Balaban J connectivity index is 1.99. The average Bonchev–Trinajstić information content (AvgIpc) is 3.06. The molecule has 3 rings (SSSR count). The minimum Gasteiger partial charge on any atom is -0.342 e. The summed E-state index contributed by atoms with van der Waals surface area (Å²) < 4.78 is 38.3. The van der Waals surface area contributed by atoms with E-state index in [4.69, 9.17) is 11.6 Å². The molecule has 0 saturated carbocycles. The van der Waals surface area contributed by atoms with Crippen LogP contribution in [0.2, 0.25) is 5.02 Å². The molecule has 2 aromatic heterocycles. The quantitative estimate of drug-likeness (QED) is 0.742. The standard InChI is InChI=1S/C15H11ClF3N3OS/c1-8-9-6-12(13(23)20-7-15(17,18)19)24-14(9)22(21-8)11-5-3-2-4-10(11)16/h2-6H,7H2,1H3,(H,20,23). The Morgan fingerprint density at radius 3 is 2.75 bits per heavy atom. The van der Waals surface area contributed by atoms with Gasteiger partial charge in [-0.15, -0.1) is 11.3 Å². The van der Waals surface area contributed by atoms with Crippen molar-refractivity contribution in [3.05, 3.63) is 45.9 Å². The van der Waals surface area contributed by atoms with E-state index in [1.807, 2.05) is 5.32 Å². The highest BCUT2D eigenvalue weighted by molar-refractivity contribution is 7.20. The number of amides is 1. The number of thiophene rings is 1. The number of hydrogen-bond acceptors (Lipinski definition) is 3. The maximum atomic E-state index is 12.2. The summed E-state index contributed by atoms with van der Waals surface area (Å²) in [7, 11) is 0. The van der Waals surface area contributed by atoms with Crippen LogP contribution in [0.1, 0.15) is 15.4 Å². The van der Waals surface area contributed by atoms with Crippen molar-refractivity contribution in [2.75, 3.05) is 6.54 Å². The fourth-order valence-corrected chi connectivity index (χ4v) is 3.52. The van der Waals surface area contributed by atoms with Crippen LogP contribution in [0.4, 0.5) is 13.2 Å². The third-order valence-electron chi connectivity index (χ3n) is 3.30. The molecule has 0 spiro atoms. The molecule has 0 fully saturated rings. The maximum absolute atomic E-state index is 12.2. The highest BCUT2D eigenvalue weighted by atomic mass is 35.5. The highest BCUT2D eigenvalue weighted by Crippen LogP contribution is 2.32. The Hall–Kier alpha value is -2.06. The molecule has 0 aliphatic heterocycles. The van der Waals surface area contributed by atoms with E-state index in [9.17, 15) is 18.0 Å². The fourth-order valence-electron chi connectivity index (χ4n) is 2.21. The van der Waals surface area contributed by atoms with Gasteiger partial charge in [-0.05, 0) is 25.1 Å². The zero-order valence-corrected chi connectivity index (χ0v) is 13.9. The van der Waals surface area contributed by atoms with Crippen LogP contribution in [-0.2, 0) is 0 Å². The van der Waals surface area contributed by atoms with E-state index >= 15 is 0 Å². The first-order valence-electron chi connectivity index (χ1n) is 6.85. The van der Waals surface area contributed by atoms with Crippen molar-refractivity contribution < 1.29 is 18.0 Å². The number of aryl methyl sites for hydroxylation is 1. The summed E-state index contributed by atoms with van der Waals surface area (Å²) in [4.78, 5) is 12.8. The zero-order valence-electron chi connectivity index (χ0n) is 12.3. The van der Waals surface area contributed by atoms with Gasteiger partial charge in [-0.3, -0.25) is 4.79 Å². The lowest BCUT2D eigenvalue weighted by atomic mass is 10.3. The molecule has 0 aliphatic carbocycles. The largest absolute Gasteiger partial charge is 0.405 e. The van der Waals surface area contributed by atoms with Crippen molar-refractivity contribution in [3.8, 4) is 5.69 Å². The Labute approximate surface area is 143 Å². The fraction of sp³-hybridized carbons (Fsp3) is 0.200. The lowest BCUT2D eigenvalue weighted by molar-refractivity contribution is -0.123. The number of benzene rings is 1. The number of hydrogen-bond donors (Lipinski definition) is 1. The molecule has 1 aromatic carbocycles. The van der Waals surface area contributed by atoms with Crippen LogP contribution in [0.15, 0.2) is 30.3 Å². The smallest absolute Gasteiger partial charge is 0.342 e. The van der Waals surface area contributed by atoms with Gasteiger partial charge < -0.3 is 5.32 Å². The normalized spacial score (nSPS) is 11.9. The number of aromatic nitrogens is 2. The van der Waals surface area contributed by atoms with Crippen molar-refractivity contribution >= 4 is 39.1 Å². The van der Waals surface area contributed by atoms with E-state index < -0.39 is 18.6 Å². The maximum Gasteiger partial charge on any atom is 0.405 e. The number of fused-ring (bicyclic) bond motifs is 1. The Bertz CT molecular complexity index is 916. The van der Waals surface area contributed by atoms with Gasteiger partial charge in [0.1, 0.15) is 11.4 Å². The Morgan fingerprint density at radius 1 is 1.38 bits per heavy atom. The van der Waals surface area contributed by atoms with Crippen molar-refractivity contribution in [1.82, 2.24) is 15.1 Å². The molecule has 9 heteroatoms. The second kappa shape index (κ2) is 6.10. The SMILES string of the molecule is Cc1nn(-c2ccccc2Cl)c2sc(C(=O)NCC(F)(F)F)cc12. The van der Waals surface area contributed by atoms with Gasteiger partial charge in [0.2, 0.25) is 0 Å². The first kappa shape index (κ1) is 16.8. The van der Waals surface area contributed by atoms with Gasteiger partial charge in [0.15, 0.2) is 0 Å². The van der Waals surface area contributed by atoms with E-state index in [1.54, 1.807) is 41.9 Å². The lowest BCUT2D eigenvalue weighted by Gasteiger charge is -2.07. The molecule has 2 heterocycles. The van der Waals surface area contributed by atoms with Crippen molar-refractivity contribution in [1.29, 1.82) is 0 Å². The Kier molecular flexibility index (Phi) is 4.27. The molecule has 3 aromatic rings. The van der Waals surface area contributed by atoms with E-state index in [-0.39, 0.29) is 4.88 Å².